The smallest absolute Gasteiger partial charge is 0.404 e. The molecule has 1 aromatic carbocycles. The molecule has 5 rings (SSSR count). The van der Waals surface area contributed by atoms with Crippen LogP contribution >= 0.6 is 11.8 Å². The molecule has 0 aromatic heterocycles. The van der Waals surface area contributed by atoms with E-state index in [2.05, 4.69) is 87.1 Å². The minimum atomic E-state index is -0.684. The lowest BCUT2D eigenvalue weighted by Gasteiger charge is -2.64. The van der Waals surface area contributed by atoms with E-state index in [4.69, 9.17) is 14.7 Å². The Morgan fingerprint density at radius 1 is 1.14 bits per heavy atom. The molecule has 4 fully saturated rings. The highest BCUT2D eigenvalue weighted by atomic mass is 32.2. The summed E-state index contributed by atoms with van der Waals surface area (Å²) in [6.45, 7) is 13.8. The lowest BCUT2D eigenvalue weighted by atomic mass is 9.43. The van der Waals surface area contributed by atoms with Gasteiger partial charge in [-0.05, 0) is 74.7 Å². The van der Waals surface area contributed by atoms with E-state index in [0.717, 1.165) is 12.2 Å². The number of hydrogen-bond acceptors (Lipinski definition) is 6. The highest BCUT2D eigenvalue weighted by Crippen LogP contribution is 2.65. The zero-order valence-electron chi connectivity index (χ0n) is 27.8. The van der Waals surface area contributed by atoms with Crippen molar-refractivity contribution < 1.29 is 18.9 Å². The minimum absolute atomic E-state index is 0.0392. The van der Waals surface area contributed by atoms with E-state index in [0.29, 0.717) is 55.7 Å². The van der Waals surface area contributed by atoms with Crippen molar-refractivity contribution in [1.82, 2.24) is 21.3 Å². The normalized spacial score (nSPS) is 26.3. The number of hydrogen-bond donors (Lipinski definition) is 5. The molecule has 44 heavy (non-hydrogen) atoms. The van der Waals surface area contributed by atoms with Gasteiger partial charge in [0.1, 0.15) is 6.04 Å². The fourth-order valence-electron chi connectivity index (χ4n) is 7.28. The van der Waals surface area contributed by atoms with Crippen LogP contribution in [-0.4, -0.2) is 67.9 Å². The fourth-order valence-corrected chi connectivity index (χ4v) is 8.19. The molecule has 4 aliphatic rings. The van der Waals surface area contributed by atoms with Crippen LogP contribution in [0.25, 0.3) is 0 Å². The number of guanidine groups is 1. The van der Waals surface area contributed by atoms with E-state index in [9.17, 15) is 9.59 Å². The van der Waals surface area contributed by atoms with Crippen molar-refractivity contribution in [3.05, 3.63) is 35.4 Å². The van der Waals surface area contributed by atoms with Gasteiger partial charge in [0.2, 0.25) is 11.8 Å². The summed E-state index contributed by atoms with van der Waals surface area (Å²) >= 11 is 1.72. The number of amides is 2. The average molecular weight is 628 g/mol. The van der Waals surface area contributed by atoms with Gasteiger partial charge in [-0.3, -0.25) is 15.0 Å². The van der Waals surface area contributed by atoms with Crippen molar-refractivity contribution >= 4 is 36.7 Å². The van der Waals surface area contributed by atoms with Crippen molar-refractivity contribution in [2.75, 3.05) is 19.3 Å². The van der Waals surface area contributed by atoms with Crippen LogP contribution in [0.5, 0.6) is 0 Å². The molecule has 1 heterocycles. The number of nitrogens with one attached hydrogen (secondary N) is 5. The SMILES string of the molecule is CNC(=N)NCCC[C@H](NC(=O)CCSCc1ccc(C)cc1)C(=O)N[C@@H](CC(C)C)B1O[C@@H]2C[C@@H]3C[C@@H](C3(C)C)[C@]2(C)O1. The van der Waals surface area contributed by atoms with Crippen molar-refractivity contribution in [3.8, 4) is 0 Å². The first-order chi connectivity index (χ1) is 20.8. The van der Waals surface area contributed by atoms with Crippen LogP contribution in [0.15, 0.2) is 24.3 Å². The lowest BCUT2D eigenvalue weighted by molar-refractivity contribution is -0.199. The van der Waals surface area contributed by atoms with Crippen LogP contribution in [-0.2, 0) is 24.7 Å². The third kappa shape index (κ3) is 8.32. The van der Waals surface area contributed by atoms with Crippen molar-refractivity contribution in [2.45, 2.75) is 110 Å². The number of carbonyl (C=O) groups excluding carboxylic acids is 2. The lowest BCUT2D eigenvalue weighted by Crippen LogP contribution is -2.65. The van der Waals surface area contributed by atoms with E-state index < -0.39 is 13.2 Å². The molecule has 0 unspecified atom stereocenters. The predicted octanol–water partition coefficient (Wildman–Crippen LogP) is 4.43. The zero-order chi connectivity index (χ0) is 32.1. The molecule has 6 atom stereocenters. The molecule has 1 aliphatic heterocycles. The largest absolute Gasteiger partial charge is 0.481 e. The van der Waals surface area contributed by atoms with E-state index in [-0.39, 0.29) is 40.8 Å². The van der Waals surface area contributed by atoms with Gasteiger partial charge in [-0.15, -0.1) is 0 Å². The summed E-state index contributed by atoms with van der Waals surface area (Å²) in [4.78, 5) is 26.8. The number of aryl methyl sites for hydroxylation is 1. The van der Waals surface area contributed by atoms with E-state index >= 15 is 0 Å². The predicted molar refractivity (Wildman–Crippen MR) is 179 cm³/mol. The Balaban J connectivity index is 1.36. The summed E-state index contributed by atoms with van der Waals surface area (Å²) in [5.41, 5.74) is 2.36. The molecule has 244 valence electrons. The maximum Gasteiger partial charge on any atom is 0.481 e. The molecule has 3 saturated carbocycles. The van der Waals surface area contributed by atoms with Crippen molar-refractivity contribution in [1.29, 1.82) is 5.41 Å². The second-order valence-corrected chi connectivity index (χ2v) is 15.3. The van der Waals surface area contributed by atoms with E-state index in [1.807, 2.05) is 0 Å². The summed E-state index contributed by atoms with van der Waals surface area (Å²) in [5, 5.41) is 19.8. The summed E-state index contributed by atoms with van der Waals surface area (Å²) in [6, 6.07) is 7.76. The molecular formula is C33H54BN5O4S. The van der Waals surface area contributed by atoms with Crippen molar-refractivity contribution in [2.24, 2.45) is 23.2 Å². The second kappa shape index (κ2) is 14.9. The molecule has 11 heteroatoms. The maximum atomic E-state index is 13.8. The quantitative estimate of drug-likeness (QED) is 0.0844. The standard InChI is InChI=1S/C33H54BN5O4S/c1-21(2)17-28(34-42-27-19-24-18-26(32(24,4)5)33(27,6)43-34)39-30(41)25(9-8-15-37-31(35)36-7)38-29(40)14-16-44-20-23-12-10-22(3)11-13-23/h10-13,21,24-28H,8-9,14-20H2,1-7H3,(H,38,40)(H,39,41)(H3,35,36,37)/t24-,25-,26-,27+,28-,33-/m0/s1. The van der Waals surface area contributed by atoms with Crippen LogP contribution < -0.4 is 21.3 Å². The summed E-state index contributed by atoms with van der Waals surface area (Å²) in [6.07, 6.45) is 4.34. The van der Waals surface area contributed by atoms with Gasteiger partial charge in [0, 0.05) is 31.5 Å². The Hall–Kier alpha value is -2.24. The Labute approximate surface area is 269 Å². The van der Waals surface area contributed by atoms with Gasteiger partial charge in [0.25, 0.3) is 0 Å². The summed E-state index contributed by atoms with van der Waals surface area (Å²) in [5.74, 6) is 2.50. The summed E-state index contributed by atoms with van der Waals surface area (Å²) in [7, 11) is 1.17. The topological polar surface area (TPSA) is 125 Å². The van der Waals surface area contributed by atoms with Gasteiger partial charge in [0.15, 0.2) is 5.96 Å². The van der Waals surface area contributed by atoms with Gasteiger partial charge in [0.05, 0.1) is 17.6 Å². The van der Waals surface area contributed by atoms with Crippen molar-refractivity contribution in [3.63, 3.8) is 0 Å². The first-order valence-electron chi connectivity index (χ1n) is 16.4. The average Bonchev–Trinajstić information content (AvgIpc) is 3.34. The molecule has 2 bridgehead atoms. The maximum absolute atomic E-state index is 13.8. The Kier molecular flexibility index (Phi) is 11.7. The molecule has 2 amide bonds. The Morgan fingerprint density at radius 2 is 1.86 bits per heavy atom. The molecule has 9 nitrogen and oxygen atoms in total. The fraction of sp³-hybridized carbons (Fsp3) is 0.727. The van der Waals surface area contributed by atoms with Gasteiger partial charge >= 0.3 is 7.12 Å². The second-order valence-electron chi connectivity index (χ2n) is 14.2. The number of benzene rings is 1. The van der Waals surface area contributed by atoms with Crippen LogP contribution in [0, 0.1) is 35.5 Å². The van der Waals surface area contributed by atoms with Gasteiger partial charge in [-0.1, -0.05) is 57.5 Å². The molecule has 1 aromatic rings. The van der Waals surface area contributed by atoms with Gasteiger partial charge in [-0.2, -0.15) is 11.8 Å². The third-order valence-corrected chi connectivity index (χ3v) is 11.1. The van der Waals surface area contributed by atoms with Gasteiger partial charge in [-0.25, -0.2) is 0 Å². The first kappa shape index (κ1) is 34.6. The molecule has 1 saturated heterocycles. The van der Waals surface area contributed by atoms with Crippen LogP contribution in [0.3, 0.4) is 0 Å². The Morgan fingerprint density at radius 3 is 2.52 bits per heavy atom. The molecular weight excluding hydrogens is 573 g/mol. The van der Waals surface area contributed by atoms with Crippen LogP contribution in [0.2, 0.25) is 0 Å². The van der Waals surface area contributed by atoms with E-state index in [1.54, 1.807) is 18.8 Å². The molecule has 0 spiro atoms. The van der Waals surface area contributed by atoms with E-state index in [1.165, 1.54) is 17.5 Å². The number of thioether (sulfide) groups is 1. The van der Waals surface area contributed by atoms with Crippen LogP contribution in [0.1, 0.15) is 84.3 Å². The first-order valence-corrected chi connectivity index (χ1v) is 17.6. The minimum Gasteiger partial charge on any atom is -0.404 e. The highest BCUT2D eigenvalue weighted by Gasteiger charge is 2.68. The van der Waals surface area contributed by atoms with Crippen LogP contribution in [0.4, 0.5) is 0 Å². The molecule has 3 aliphatic carbocycles. The van der Waals surface area contributed by atoms with Gasteiger partial charge < -0.3 is 30.6 Å². The zero-order valence-corrected chi connectivity index (χ0v) is 28.6. The number of rotatable bonds is 15. The Bertz CT molecular complexity index is 1150. The monoisotopic (exact) mass is 627 g/mol. The highest BCUT2D eigenvalue weighted by molar-refractivity contribution is 7.98. The molecule has 5 N–H and O–H groups in total. The third-order valence-electron chi connectivity index (χ3n) is 10.1. The molecule has 0 radical (unpaired) electrons. The number of carbonyl (C=O) groups is 2. The summed E-state index contributed by atoms with van der Waals surface area (Å²) < 4.78 is 13.3.